The van der Waals surface area contributed by atoms with Gasteiger partial charge in [-0.15, -0.1) is 0 Å². The van der Waals surface area contributed by atoms with E-state index in [-0.39, 0.29) is 5.91 Å². The lowest BCUT2D eigenvalue weighted by atomic mass is 10.1. The molecule has 5 heteroatoms. The van der Waals surface area contributed by atoms with E-state index in [0.717, 1.165) is 39.3 Å². The first kappa shape index (κ1) is 17.7. The number of piperazine rings is 1. The van der Waals surface area contributed by atoms with Crippen molar-refractivity contribution in [2.75, 3.05) is 36.0 Å². The van der Waals surface area contributed by atoms with E-state index in [4.69, 9.17) is 0 Å². The molecule has 2 aliphatic rings. The minimum absolute atomic E-state index is 0.0224. The molecule has 3 heterocycles. The predicted octanol–water partition coefficient (Wildman–Crippen LogP) is 3.56. The number of aromatic nitrogens is 1. The van der Waals surface area contributed by atoms with Gasteiger partial charge >= 0.3 is 0 Å². The van der Waals surface area contributed by atoms with Crippen LogP contribution in [0.1, 0.15) is 21.6 Å². The van der Waals surface area contributed by atoms with Crippen molar-refractivity contribution in [1.82, 2.24) is 9.88 Å². The van der Waals surface area contributed by atoms with Crippen molar-refractivity contribution in [2.24, 2.45) is 0 Å². The first-order valence-corrected chi connectivity index (χ1v) is 10.1. The van der Waals surface area contributed by atoms with Crippen LogP contribution in [0.15, 0.2) is 72.9 Å². The lowest BCUT2D eigenvalue weighted by Crippen LogP contribution is -2.49. The van der Waals surface area contributed by atoms with Crippen LogP contribution in [0.4, 0.5) is 11.4 Å². The molecular formula is C24H24N4O. The minimum atomic E-state index is 0.0224. The van der Waals surface area contributed by atoms with Crippen molar-refractivity contribution in [3.8, 4) is 0 Å². The van der Waals surface area contributed by atoms with Crippen LogP contribution < -0.4 is 9.80 Å². The average molecular weight is 384 g/mol. The van der Waals surface area contributed by atoms with Gasteiger partial charge in [-0.25, -0.2) is 0 Å². The third-order valence-corrected chi connectivity index (χ3v) is 5.87. The van der Waals surface area contributed by atoms with E-state index < -0.39 is 0 Å². The Kier molecular flexibility index (Phi) is 4.64. The van der Waals surface area contributed by atoms with Crippen LogP contribution in [0, 0.1) is 0 Å². The highest BCUT2D eigenvalue weighted by atomic mass is 16.2. The Balaban J connectivity index is 1.20. The molecule has 29 heavy (non-hydrogen) atoms. The molecule has 0 unspecified atom stereocenters. The molecule has 0 aliphatic carbocycles. The van der Waals surface area contributed by atoms with Gasteiger partial charge in [0, 0.05) is 56.8 Å². The minimum Gasteiger partial charge on any atom is -0.368 e. The van der Waals surface area contributed by atoms with Gasteiger partial charge in [0.25, 0.3) is 5.91 Å². The molecule has 1 fully saturated rings. The third kappa shape index (κ3) is 3.56. The summed E-state index contributed by atoms with van der Waals surface area (Å²) in [6, 6.07) is 23.0. The van der Waals surface area contributed by atoms with Gasteiger partial charge in [-0.1, -0.05) is 30.3 Å². The number of hydrogen-bond donors (Lipinski definition) is 0. The van der Waals surface area contributed by atoms with Crippen LogP contribution in [-0.2, 0) is 13.1 Å². The summed E-state index contributed by atoms with van der Waals surface area (Å²) >= 11 is 0. The van der Waals surface area contributed by atoms with E-state index in [1.165, 1.54) is 22.5 Å². The molecule has 0 atom stereocenters. The summed E-state index contributed by atoms with van der Waals surface area (Å²) in [6.07, 6.45) is 1.67. The normalized spacial score (nSPS) is 16.1. The van der Waals surface area contributed by atoms with Crippen molar-refractivity contribution >= 4 is 17.3 Å². The molecule has 2 aromatic carbocycles. The Morgan fingerprint density at radius 1 is 0.690 bits per heavy atom. The topological polar surface area (TPSA) is 39.7 Å². The molecule has 5 rings (SSSR count). The van der Waals surface area contributed by atoms with E-state index in [9.17, 15) is 4.79 Å². The number of amides is 1. The molecule has 1 amide bonds. The summed E-state index contributed by atoms with van der Waals surface area (Å²) in [5.74, 6) is 0.0224. The Hall–Kier alpha value is -3.34. The largest absolute Gasteiger partial charge is 0.368 e. The number of carbonyl (C=O) groups excluding carboxylic acids is 1. The highest BCUT2D eigenvalue weighted by molar-refractivity contribution is 5.92. The Bertz CT molecular complexity index is 970. The second-order valence-corrected chi connectivity index (χ2v) is 7.64. The van der Waals surface area contributed by atoms with Gasteiger partial charge in [0.2, 0.25) is 0 Å². The molecule has 0 spiro atoms. The zero-order valence-corrected chi connectivity index (χ0v) is 16.4. The van der Waals surface area contributed by atoms with Crippen LogP contribution >= 0.6 is 0 Å². The molecule has 0 N–H and O–H groups in total. The summed E-state index contributed by atoms with van der Waals surface area (Å²) in [4.78, 5) is 23.4. The number of pyridine rings is 1. The average Bonchev–Trinajstić information content (AvgIpc) is 3.24. The van der Waals surface area contributed by atoms with E-state index in [1.807, 2.05) is 17.0 Å². The van der Waals surface area contributed by atoms with Crippen molar-refractivity contribution in [3.05, 3.63) is 89.7 Å². The van der Waals surface area contributed by atoms with Crippen LogP contribution in [0.2, 0.25) is 0 Å². The molecule has 1 saturated heterocycles. The number of carbonyl (C=O) groups is 1. The summed E-state index contributed by atoms with van der Waals surface area (Å²) in [5, 5.41) is 0. The molecule has 0 bridgehead atoms. The van der Waals surface area contributed by atoms with Crippen molar-refractivity contribution in [1.29, 1.82) is 0 Å². The fourth-order valence-electron chi connectivity index (χ4n) is 4.21. The maximum atomic E-state index is 12.6. The van der Waals surface area contributed by atoms with Gasteiger partial charge in [-0.3, -0.25) is 9.78 Å². The molecule has 0 saturated carbocycles. The van der Waals surface area contributed by atoms with Crippen LogP contribution in [0.3, 0.4) is 0 Å². The molecule has 146 valence electrons. The fraction of sp³-hybridized carbons (Fsp3) is 0.250. The van der Waals surface area contributed by atoms with Gasteiger partial charge < -0.3 is 14.7 Å². The zero-order chi connectivity index (χ0) is 19.6. The number of hydrogen-bond acceptors (Lipinski definition) is 4. The van der Waals surface area contributed by atoms with Gasteiger partial charge in [0.15, 0.2) is 0 Å². The first-order valence-electron chi connectivity index (χ1n) is 10.1. The lowest BCUT2D eigenvalue weighted by molar-refractivity contribution is 0.0741. The van der Waals surface area contributed by atoms with Gasteiger partial charge in [-0.05, 0) is 47.5 Å². The van der Waals surface area contributed by atoms with E-state index >= 15 is 0 Å². The zero-order valence-electron chi connectivity index (χ0n) is 16.4. The van der Waals surface area contributed by atoms with E-state index in [2.05, 4.69) is 63.3 Å². The van der Waals surface area contributed by atoms with Gasteiger partial charge in [-0.2, -0.15) is 0 Å². The van der Waals surface area contributed by atoms with Crippen LogP contribution in [-0.4, -0.2) is 42.0 Å². The SMILES string of the molecule is O=C(c1ccccn1)N1CCN(c2ccc(N3Cc4ccccc4C3)cc2)CC1. The second-order valence-electron chi connectivity index (χ2n) is 7.64. The Morgan fingerprint density at radius 2 is 1.28 bits per heavy atom. The lowest BCUT2D eigenvalue weighted by Gasteiger charge is -2.36. The summed E-state index contributed by atoms with van der Waals surface area (Å²) in [7, 11) is 0. The number of benzene rings is 2. The molecule has 5 nitrogen and oxygen atoms in total. The number of rotatable bonds is 3. The van der Waals surface area contributed by atoms with Crippen LogP contribution in [0.25, 0.3) is 0 Å². The fourth-order valence-corrected chi connectivity index (χ4v) is 4.21. The van der Waals surface area contributed by atoms with Gasteiger partial charge in [0.05, 0.1) is 0 Å². The summed E-state index contributed by atoms with van der Waals surface area (Å²) in [6.45, 7) is 5.07. The number of anilines is 2. The highest BCUT2D eigenvalue weighted by Gasteiger charge is 2.23. The van der Waals surface area contributed by atoms with Crippen molar-refractivity contribution in [3.63, 3.8) is 0 Å². The summed E-state index contributed by atoms with van der Waals surface area (Å²) < 4.78 is 0. The molecule has 3 aromatic rings. The highest BCUT2D eigenvalue weighted by Crippen LogP contribution is 2.29. The van der Waals surface area contributed by atoms with Crippen LogP contribution in [0.5, 0.6) is 0 Å². The van der Waals surface area contributed by atoms with E-state index in [0.29, 0.717) is 5.69 Å². The maximum absolute atomic E-state index is 12.6. The Labute approximate surface area is 171 Å². The van der Waals surface area contributed by atoms with Crippen molar-refractivity contribution < 1.29 is 4.79 Å². The predicted molar refractivity (Wildman–Crippen MR) is 115 cm³/mol. The molecule has 0 radical (unpaired) electrons. The Morgan fingerprint density at radius 3 is 1.86 bits per heavy atom. The third-order valence-electron chi connectivity index (χ3n) is 5.87. The monoisotopic (exact) mass is 384 g/mol. The molecule has 2 aliphatic heterocycles. The quantitative estimate of drug-likeness (QED) is 0.692. The first-order chi connectivity index (χ1) is 14.3. The standard InChI is InChI=1S/C24H24N4O/c29-24(23-7-3-4-12-25-23)27-15-13-26(14-16-27)21-8-10-22(11-9-21)28-17-19-5-1-2-6-20(19)18-28/h1-12H,13-18H2. The second kappa shape index (κ2) is 7.59. The number of nitrogens with zero attached hydrogens (tertiary/aromatic N) is 4. The molecular weight excluding hydrogens is 360 g/mol. The van der Waals surface area contributed by atoms with E-state index in [1.54, 1.807) is 12.3 Å². The smallest absolute Gasteiger partial charge is 0.272 e. The van der Waals surface area contributed by atoms with Gasteiger partial charge in [0.1, 0.15) is 5.69 Å². The van der Waals surface area contributed by atoms with Crippen molar-refractivity contribution in [2.45, 2.75) is 13.1 Å². The number of fused-ring (bicyclic) bond motifs is 1. The maximum Gasteiger partial charge on any atom is 0.272 e. The molecule has 1 aromatic heterocycles. The summed E-state index contributed by atoms with van der Waals surface area (Å²) in [5.41, 5.74) is 5.84.